The normalized spacial score (nSPS) is 33.8. The SMILES string of the molecule is CO[13c]1[13c](-[13c]2[13c](O[13CH3])[13c](O[13CH3])[13c]3[13cH][13c]4[13c]([13c](O)[13c]3[13c]2O)[13C](=O)[13C]2(O)[13CH]([13CH2]4)C(O)[13CH](O)[13CH](O)[13C]2(O)[13CH2][13CH2][13CH3])c(O)[13c]2[13c](O)[13c]3[13c]([13cH][13c]2[13c]1OC)[13CH2][13CH]1[13CH](O)[13CH](O)[13CH](O)[13C](O)([13CH2][13CH2][13CH3])[13C]1(O)[13C]3=O. The largest absolute Gasteiger partial charge is 0.506 e. The van der Waals surface area contributed by atoms with E-state index in [-0.39, 0.29) is 57.7 Å². The molecule has 358 valence electrons. The first-order chi connectivity index (χ1) is 31.0. The summed E-state index contributed by atoms with van der Waals surface area (Å²) >= 11 is 0. The summed E-state index contributed by atoms with van der Waals surface area (Å²) in [5, 5.41) is 162. The van der Waals surface area contributed by atoms with Gasteiger partial charge in [-0.3, -0.25) is 9.59 Å². The third kappa shape index (κ3) is 5.50. The van der Waals surface area contributed by atoms with Crippen molar-refractivity contribution in [3.8, 4) is 57.1 Å². The summed E-state index contributed by atoms with van der Waals surface area (Å²) in [6, 6.07) is 2.57. The second-order valence-electron chi connectivity index (χ2n) is 18.0. The van der Waals surface area contributed by atoms with Gasteiger partial charge < -0.3 is 90.4 Å². The number of aliphatic hydroxyl groups is 10. The van der Waals surface area contributed by atoms with Gasteiger partial charge in [0.2, 0.25) is 11.6 Å². The van der Waals surface area contributed by atoms with Crippen molar-refractivity contribution in [1.82, 2.24) is 0 Å². The molecule has 14 N–H and O–H groups in total. The number of rotatable bonds is 9. The summed E-state index contributed by atoms with van der Waals surface area (Å²) in [5.41, 5.74) is -13.9. The number of aromatic hydroxyl groups is 4. The molecule has 0 aromatic heterocycles. The van der Waals surface area contributed by atoms with Crippen LogP contribution in [0.5, 0.6) is 46.0 Å². The number of hydrogen-bond acceptors (Lipinski definition) is 20. The van der Waals surface area contributed by atoms with Crippen molar-refractivity contribution in [2.75, 3.05) is 28.4 Å². The van der Waals surface area contributed by atoms with Gasteiger partial charge in [-0.05, 0) is 48.9 Å². The summed E-state index contributed by atoms with van der Waals surface area (Å²) in [6.07, 6.45) is -13.9. The number of carbonyl (C=O) groups is 2. The predicted octanol–water partition coefficient (Wildman–Crippen LogP) is -0.0560. The maximum absolute atomic E-state index is 14.7. The van der Waals surface area contributed by atoms with Gasteiger partial charge >= 0.3 is 0 Å². The minimum absolute atomic E-state index is 0.0388. The van der Waals surface area contributed by atoms with Gasteiger partial charge in [0.05, 0.1) is 73.7 Å². The number of benzene rings is 4. The Morgan fingerprint density at radius 2 is 0.803 bits per heavy atom. The van der Waals surface area contributed by atoms with Crippen LogP contribution in [0.2, 0.25) is 0 Å². The maximum Gasteiger partial charge on any atom is 0.201 e. The van der Waals surface area contributed by atoms with Crippen molar-refractivity contribution in [2.45, 2.75) is 111 Å². The minimum Gasteiger partial charge on any atom is -0.506 e. The topological polar surface area (TPSA) is 354 Å². The zero-order valence-corrected chi connectivity index (χ0v) is 36.7. The van der Waals surface area contributed by atoms with Crippen LogP contribution in [0.3, 0.4) is 0 Å². The fraction of sp³-hybridized carbons (Fsp3) is 0.522. The van der Waals surface area contributed by atoms with Crippen LogP contribution in [0.15, 0.2) is 12.1 Å². The van der Waals surface area contributed by atoms with Crippen molar-refractivity contribution in [3.63, 3.8) is 0 Å². The molecule has 4 aliphatic carbocycles. The van der Waals surface area contributed by atoms with Gasteiger partial charge in [-0.25, -0.2) is 0 Å². The Labute approximate surface area is 375 Å². The lowest BCUT2D eigenvalue weighted by atomic mass is 10.4. The summed E-state index contributed by atoms with van der Waals surface area (Å²) < 4.78 is 23.1. The molecule has 0 amide bonds. The van der Waals surface area contributed by atoms with Gasteiger partial charge in [0.15, 0.2) is 34.2 Å². The molecule has 12 unspecified atom stereocenters. The number of phenols is 4. The van der Waals surface area contributed by atoms with Crippen LogP contribution in [-0.2, 0) is 12.8 Å². The van der Waals surface area contributed by atoms with E-state index >= 15 is 0 Å². The second-order valence-corrected chi connectivity index (χ2v) is 18.0. The molecule has 4 aromatic carbocycles. The quantitative estimate of drug-likeness (QED) is 0.0977. The van der Waals surface area contributed by atoms with Crippen LogP contribution in [0.25, 0.3) is 32.7 Å². The Morgan fingerprint density at radius 3 is 1.09 bits per heavy atom. The third-order valence-corrected chi connectivity index (χ3v) is 15.0. The first-order valence-corrected chi connectivity index (χ1v) is 21.4. The number of carbonyl (C=O) groups excluding carboxylic acids is 2. The van der Waals surface area contributed by atoms with Crippen LogP contribution in [0.1, 0.15) is 71.4 Å². The highest BCUT2D eigenvalue weighted by atomic mass is 16.7. The van der Waals surface area contributed by atoms with Crippen LogP contribution >= 0.6 is 0 Å². The molecule has 2 fully saturated rings. The number of fused-ring (bicyclic) bond motifs is 6. The van der Waals surface area contributed by atoms with E-state index in [1.807, 2.05) is 0 Å². The van der Waals surface area contributed by atoms with Crippen molar-refractivity contribution < 1.29 is 100 Å². The van der Waals surface area contributed by atoms with E-state index in [1.165, 1.54) is 26.4 Å². The molecule has 20 nitrogen and oxygen atoms in total. The summed E-state index contributed by atoms with van der Waals surface area (Å²) in [4.78, 5) is 29.3. The van der Waals surface area contributed by atoms with E-state index in [0.717, 1.165) is 14.2 Å². The number of hydrogen-bond donors (Lipinski definition) is 14. The van der Waals surface area contributed by atoms with Crippen molar-refractivity contribution in [2.24, 2.45) is 11.8 Å². The zero-order valence-electron chi connectivity index (χ0n) is 36.7. The Bertz CT molecular complexity index is 2540. The first-order valence-electron chi connectivity index (χ1n) is 21.4. The van der Waals surface area contributed by atoms with Gasteiger partial charge in [0.1, 0.15) is 58.6 Å². The maximum atomic E-state index is 14.7. The molecule has 66 heavy (non-hydrogen) atoms. The molecule has 0 aliphatic heterocycles. The van der Waals surface area contributed by atoms with Gasteiger partial charge in [-0.1, -0.05) is 26.7 Å². The average molecular weight is 969 g/mol. The molecule has 0 radical (unpaired) electrons. The Kier molecular flexibility index (Phi) is 11.2. The highest BCUT2D eigenvalue weighted by Gasteiger charge is 2.72. The number of aliphatic hydroxyl groups excluding tert-OH is 6. The molecular formula is C46H54O20. The van der Waals surface area contributed by atoms with E-state index in [2.05, 4.69) is 0 Å². The van der Waals surface area contributed by atoms with E-state index in [1.54, 1.807) is 13.8 Å². The van der Waals surface area contributed by atoms with E-state index in [4.69, 9.17) is 18.9 Å². The second kappa shape index (κ2) is 15.7. The fourth-order valence-electron chi connectivity index (χ4n) is 11.9. The zero-order chi connectivity index (χ0) is 48.7. The number of ether oxygens (including phenoxy) is 4. The lowest BCUT2D eigenvalue weighted by Gasteiger charge is -2.57. The summed E-state index contributed by atoms with van der Waals surface area (Å²) in [5.74, 6) is -11.0. The number of phenolic OH excluding ortho intramolecular Hbond substituents is 4. The fourth-order valence-corrected chi connectivity index (χ4v) is 11.9. The Hall–Kier alpha value is -5.26. The van der Waals surface area contributed by atoms with Crippen molar-refractivity contribution in [3.05, 3.63) is 34.4 Å². The highest BCUT2D eigenvalue weighted by Crippen LogP contribution is 2.63. The van der Waals surface area contributed by atoms with Gasteiger partial charge in [-0.2, -0.15) is 0 Å². The Balaban J connectivity index is 1.44. The summed E-state index contributed by atoms with van der Waals surface area (Å²) in [6.45, 7) is 3.16. The smallest absolute Gasteiger partial charge is 0.201 e. The number of ketones is 2. The van der Waals surface area contributed by atoms with Crippen molar-refractivity contribution >= 4 is 33.1 Å². The van der Waals surface area contributed by atoms with Crippen LogP contribution in [0, 0.1) is 11.8 Å². The molecule has 0 saturated heterocycles. The van der Waals surface area contributed by atoms with Crippen LogP contribution in [-0.4, -0.2) is 171 Å². The summed E-state index contributed by atoms with van der Waals surface area (Å²) in [7, 11) is 4.68. The number of Topliss-reactive ketones (excluding diaryl/α,β-unsaturated/α-hetero) is 2. The van der Waals surface area contributed by atoms with Crippen LogP contribution < -0.4 is 18.9 Å². The molecule has 0 spiro atoms. The minimum atomic E-state index is -3.00. The first kappa shape index (κ1) is 47.2. The van der Waals surface area contributed by atoms with E-state index in [9.17, 15) is 81.1 Å². The predicted molar refractivity (Wildman–Crippen MR) is 228 cm³/mol. The standard InChI is InChI=1S/C46H54O20/c1-7-9-43(59)41(57)33(53)27(47)19-13-15-11-17-23(29(49)21(15)39(55)45(19,43)61)31(51)25(37(65-5)35(17)63-3)26-32(52)24-18(36(64-4)38(26)66-6)12-16-14-20-28(48)34(54)42(58)44(60,10-8-2)46(20,62)40(56)22(16)30(24)50/h11-12,19-20,27-28,33-34,41-42,47-54,57-62H,7-10,13-14H2,1-6H3/i1+1,2+1,3+1,5+1,7+1,8+1,9+1,10+1,11+1,12+1,13+1,14+1,15+1,16+1,17+1,18+1,19+1,20+1,21+1,22+1,23+1,24+1,25+1,26+1,28+1,29+1,30+1,31+1,33+1,34+1,35+1,36+1,37+1,38+1,39+1,40+1,41+1,42+1,43+1,44+1,45+1,46+1. The molecule has 2 saturated carbocycles. The van der Waals surface area contributed by atoms with Gasteiger partial charge in [0.25, 0.3) is 0 Å². The number of methoxy groups -OCH3 is 4. The van der Waals surface area contributed by atoms with E-state index in [0.29, 0.717) is 0 Å². The lowest BCUT2D eigenvalue weighted by Crippen LogP contribution is -2.79. The molecule has 0 bridgehead atoms. The average Bonchev–Trinajstić information content (AvgIpc) is 3.28. The van der Waals surface area contributed by atoms with E-state index < -0.39 is 164 Å². The molecule has 20 heteroatoms. The molecular weight excluding hydrogens is 914 g/mol. The molecule has 0 heterocycles. The van der Waals surface area contributed by atoms with Crippen molar-refractivity contribution in [1.29, 1.82) is 0 Å². The molecule has 8 rings (SSSR count). The lowest BCUT2D eigenvalue weighted by molar-refractivity contribution is -0.282. The highest BCUT2D eigenvalue weighted by molar-refractivity contribution is 6.19. The van der Waals surface area contributed by atoms with Gasteiger partial charge in [-0.15, -0.1) is 0 Å². The molecule has 4 aromatic rings. The Morgan fingerprint density at radius 1 is 0.500 bits per heavy atom. The molecule has 4 aliphatic rings. The van der Waals surface area contributed by atoms with Crippen LogP contribution in [0.4, 0.5) is 0 Å². The monoisotopic (exact) mass is 968 g/mol. The molecule has 12 atom stereocenters. The third-order valence-electron chi connectivity index (χ3n) is 15.0. The van der Waals surface area contributed by atoms with Gasteiger partial charge in [0, 0.05) is 22.6 Å².